The van der Waals surface area contributed by atoms with Crippen molar-refractivity contribution in [1.29, 1.82) is 0 Å². The zero-order valence-electron chi connectivity index (χ0n) is 35.3. The monoisotopic (exact) mass is 832 g/mol. The van der Waals surface area contributed by atoms with E-state index >= 15 is 0 Å². The molecular formula is C61H40N2O2. The van der Waals surface area contributed by atoms with Crippen molar-refractivity contribution in [3.8, 4) is 50.9 Å². The second kappa shape index (κ2) is 14.8. The maximum Gasteiger partial charge on any atom is 0.178 e. The first-order valence-electron chi connectivity index (χ1n) is 22.2. The fraction of sp³-hybridized carbons (Fsp3) is 0.0164. The molecule has 1 aliphatic carbocycles. The number of hydrogen-bond donors (Lipinski definition) is 0. The quantitative estimate of drug-likeness (QED) is 0.160. The lowest BCUT2D eigenvalue weighted by atomic mass is 9.67. The molecule has 65 heavy (non-hydrogen) atoms. The second-order valence-electron chi connectivity index (χ2n) is 16.8. The largest absolute Gasteiger partial charge is 0.449 e. The van der Waals surface area contributed by atoms with Gasteiger partial charge in [-0.3, -0.25) is 0 Å². The van der Waals surface area contributed by atoms with Gasteiger partial charge in [0.2, 0.25) is 0 Å². The van der Waals surface area contributed by atoms with E-state index in [1.54, 1.807) is 0 Å². The molecule has 0 N–H and O–H groups in total. The van der Waals surface area contributed by atoms with E-state index in [-0.39, 0.29) is 0 Å². The molecule has 0 bridgehead atoms. The number of para-hydroxylation sites is 5. The Hall–Kier alpha value is -8.60. The van der Waals surface area contributed by atoms with E-state index < -0.39 is 5.41 Å². The van der Waals surface area contributed by atoms with Crippen molar-refractivity contribution in [3.05, 3.63) is 265 Å². The number of aromatic nitrogens is 1. The molecule has 0 amide bonds. The molecule has 4 nitrogen and oxygen atoms in total. The molecule has 2 aliphatic rings. The van der Waals surface area contributed by atoms with Crippen molar-refractivity contribution in [3.63, 3.8) is 0 Å². The lowest BCUT2D eigenvalue weighted by Crippen LogP contribution is -2.28. The van der Waals surface area contributed by atoms with Crippen molar-refractivity contribution >= 4 is 38.9 Å². The highest BCUT2D eigenvalue weighted by atomic mass is 16.6. The molecule has 1 atom stereocenters. The summed E-state index contributed by atoms with van der Waals surface area (Å²) in [6, 6.07) is 86.9. The number of fused-ring (bicyclic) bond motifs is 9. The normalized spacial score (nSPS) is 14.5. The zero-order chi connectivity index (χ0) is 42.9. The third kappa shape index (κ3) is 5.71. The molecule has 13 rings (SSSR count). The summed E-state index contributed by atoms with van der Waals surface area (Å²) >= 11 is 0. The molecule has 0 fully saturated rings. The van der Waals surface area contributed by atoms with Gasteiger partial charge in [-0.05, 0) is 118 Å². The van der Waals surface area contributed by atoms with Crippen LogP contribution in [0.1, 0.15) is 22.3 Å². The van der Waals surface area contributed by atoms with Crippen molar-refractivity contribution in [2.75, 3.05) is 4.90 Å². The Labute approximate surface area is 377 Å². The Morgan fingerprint density at radius 1 is 0.354 bits per heavy atom. The third-order valence-electron chi connectivity index (χ3n) is 13.4. The molecule has 2 heterocycles. The Kier molecular flexibility index (Phi) is 8.40. The predicted molar refractivity (Wildman–Crippen MR) is 265 cm³/mol. The molecule has 1 unspecified atom stereocenters. The van der Waals surface area contributed by atoms with Crippen LogP contribution >= 0.6 is 0 Å². The van der Waals surface area contributed by atoms with Crippen molar-refractivity contribution in [2.24, 2.45) is 0 Å². The molecule has 11 aromatic rings. The molecule has 1 aromatic heterocycles. The van der Waals surface area contributed by atoms with Crippen LogP contribution in [-0.4, -0.2) is 4.57 Å². The summed E-state index contributed by atoms with van der Waals surface area (Å²) in [4.78, 5) is 2.33. The van der Waals surface area contributed by atoms with Crippen molar-refractivity contribution in [1.82, 2.24) is 4.57 Å². The van der Waals surface area contributed by atoms with Gasteiger partial charge in [-0.1, -0.05) is 164 Å². The first kappa shape index (κ1) is 37.0. The van der Waals surface area contributed by atoms with Gasteiger partial charge in [0.05, 0.1) is 16.4 Å². The predicted octanol–water partition coefficient (Wildman–Crippen LogP) is 16.2. The summed E-state index contributed by atoms with van der Waals surface area (Å²) < 4.78 is 15.8. The number of rotatable bonds is 7. The Bertz CT molecular complexity index is 3530. The van der Waals surface area contributed by atoms with Gasteiger partial charge >= 0.3 is 0 Å². The highest BCUT2D eigenvalue weighted by Crippen LogP contribution is 2.62. The summed E-state index contributed by atoms with van der Waals surface area (Å²) in [5.74, 6) is 2.87. The zero-order valence-corrected chi connectivity index (χ0v) is 35.3. The SMILES string of the molecule is c1ccc(-c2ccc(N(c3ccccc3)c3ccc(C4(c5ccc(-n6c7ccccc7c7ccccc76)cc5)c5ccccc5-c5c4ccc4c5Oc5ccccc5O4)cc3)cc2)cc1. The molecule has 1 aliphatic heterocycles. The van der Waals surface area contributed by atoms with Gasteiger partial charge in [0.15, 0.2) is 23.0 Å². The molecule has 0 saturated heterocycles. The molecule has 0 spiro atoms. The lowest BCUT2D eigenvalue weighted by Gasteiger charge is -2.35. The Balaban J connectivity index is 1.00. The van der Waals surface area contributed by atoms with Gasteiger partial charge < -0.3 is 18.9 Å². The van der Waals surface area contributed by atoms with Gasteiger partial charge in [-0.2, -0.15) is 0 Å². The molecule has 4 heteroatoms. The second-order valence-corrected chi connectivity index (χ2v) is 16.8. The van der Waals surface area contributed by atoms with Crippen LogP contribution in [0.3, 0.4) is 0 Å². The van der Waals surface area contributed by atoms with E-state index in [1.807, 2.05) is 24.3 Å². The highest BCUT2D eigenvalue weighted by Gasteiger charge is 2.48. The fourth-order valence-corrected chi connectivity index (χ4v) is 10.5. The average molecular weight is 833 g/mol. The fourth-order valence-electron chi connectivity index (χ4n) is 10.5. The van der Waals surface area contributed by atoms with Crippen LogP contribution in [0.4, 0.5) is 17.1 Å². The summed E-state index contributed by atoms with van der Waals surface area (Å²) in [5, 5.41) is 2.49. The van der Waals surface area contributed by atoms with Gasteiger partial charge in [0.1, 0.15) is 0 Å². The molecular weight excluding hydrogens is 793 g/mol. The lowest BCUT2D eigenvalue weighted by molar-refractivity contribution is 0.360. The maximum atomic E-state index is 6.84. The first-order valence-corrected chi connectivity index (χ1v) is 22.2. The standard InChI is InChI=1S/C61H40N2O2/c1-3-15-41(16-4-1)42-27-33-46(34-28-42)62(45-17-5-2-6-18-45)47-35-29-43(30-36-47)61(44-31-37-48(38-32-44)63-54-23-11-8-19-49(54)50-20-9-12-24-55(50)63)52-22-10-7-21-51(52)59-53(61)39-40-58-60(59)65-57-26-14-13-25-56(57)64-58/h1-40H. The van der Waals surface area contributed by atoms with Crippen LogP contribution < -0.4 is 14.4 Å². The molecule has 10 aromatic carbocycles. The molecule has 306 valence electrons. The van der Waals surface area contributed by atoms with E-state index in [2.05, 4.69) is 228 Å². The van der Waals surface area contributed by atoms with Crippen molar-refractivity contribution < 1.29 is 9.47 Å². The van der Waals surface area contributed by atoms with Gasteiger partial charge in [0.25, 0.3) is 0 Å². The van der Waals surface area contributed by atoms with Crippen LogP contribution in [-0.2, 0) is 5.41 Å². The van der Waals surface area contributed by atoms with E-state index in [0.29, 0.717) is 17.2 Å². The molecule has 0 radical (unpaired) electrons. The maximum absolute atomic E-state index is 6.84. The Morgan fingerprint density at radius 3 is 1.54 bits per heavy atom. The number of ether oxygens (including phenoxy) is 2. The van der Waals surface area contributed by atoms with E-state index in [4.69, 9.17) is 9.47 Å². The minimum atomic E-state index is -0.700. The van der Waals surface area contributed by atoms with Crippen LogP contribution in [0.15, 0.2) is 243 Å². The third-order valence-corrected chi connectivity index (χ3v) is 13.4. The summed E-state index contributed by atoms with van der Waals surface area (Å²) in [5.41, 5.74) is 15.2. The Morgan fingerprint density at radius 2 is 0.862 bits per heavy atom. The minimum Gasteiger partial charge on any atom is -0.449 e. The number of anilines is 3. The van der Waals surface area contributed by atoms with Crippen LogP contribution in [0.25, 0.3) is 49.7 Å². The van der Waals surface area contributed by atoms with Crippen molar-refractivity contribution in [2.45, 2.75) is 5.41 Å². The van der Waals surface area contributed by atoms with Crippen LogP contribution in [0.2, 0.25) is 0 Å². The topological polar surface area (TPSA) is 26.6 Å². The van der Waals surface area contributed by atoms with Gasteiger partial charge in [0, 0.05) is 39.1 Å². The smallest absolute Gasteiger partial charge is 0.178 e. The highest BCUT2D eigenvalue weighted by molar-refractivity contribution is 6.09. The first-order chi connectivity index (χ1) is 32.2. The van der Waals surface area contributed by atoms with E-state index in [1.165, 1.54) is 38.5 Å². The van der Waals surface area contributed by atoms with E-state index in [0.717, 1.165) is 56.3 Å². The van der Waals surface area contributed by atoms with Crippen LogP contribution in [0, 0.1) is 0 Å². The number of hydrogen-bond acceptors (Lipinski definition) is 3. The molecule has 0 saturated carbocycles. The summed E-state index contributed by atoms with van der Waals surface area (Å²) in [6.45, 7) is 0. The van der Waals surface area contributed by atoms with Gasteiger partial charge in [-0.15, -0.1) is 0 Å². The number of benzene rings is 10. The van der Waals surface area contributed by atoms with Crippen LogP contribution in [0.5, 0.6) is 23.0 Å². The average Bonchev–Trinajstić information content (AvgIpc) is 3.88. The van der Waals surface area contributed by atoms with Gasteiger partial charge in [-0.25, -0.2) is 0 Å². The van der Waals surface area contributed by atoms with E-state index in [9.17, 15) is 0 Å². The number of nitrogens with zero attached hydrogens (tertiary/aromatic N) is 2. The minimum absolute atomic E-state index is 0.700. The summed E-state index contributed by atoms with van der Waals surface area (Å²) in [7, 11) is 0. The summed E-state index contributed by atoms with van der Waals surface area (Å²) in [6.07, 6.45) is 0.